The van der Waals surface area contributed by atoms with Gasteiger partial charge < -0.3 is 25.7 Å². The number of fused-ring (bicyclic) bond motifs is 1. The van der Waals surface area contributed by atoms with Gasteiger partial charge in [0.15, 0.2) is 0 Å². The van der Waals surface area contributed by atoms with Gasteiger partial charge in [-0.25, -0.2) is 0 Å². The Hall–Kier alpha value is -0.600. The van der Waals surface area contributed by atoms with Crippen LogP contribution < -0.4 is 10.6 Å². The van der Waals surface area contributed by atoms with Crippen LogP contribution in [0.1, 0.15) is 33.6 Å². The number of thioether (sulfide) groups is 1. The van der Waals surface area contributed by atoms with Crippen molar-refractivity contribution < 1.29 is 15.0 Å². The molecule has 0 aromatic heterocycles. The molecule has 0 aliphatic carbocycles. The first-order chi connectivity index (χ1) is 12.4. The van der Waals surface area contributed by atoms with Gasteiger partial charge in [-0.2, -0.15) is 0 Å². The van der Waals surface area contributed by atoms with Crippen molar-refractivity contribution >= 4 is 17.7 Å². The van der Waals surface area contributed by atoms with Crippen molar-refractivity contribution in [1.29, 1.82) is 0 Å². The molecule has 0 spiro atoms. The van der Waals surface area contributed by atoms with E-state index in [0.717, 1.165) is 38.2 Å². The highest BCUT2D eigenvalue weighted by Gasteiger charge is 2.57. The number of hydrogen-bond acceptors (Lipinski definition) is 6. The quantitative estimate of drug-likeness (QED) is 0.520. The number of aliphatic hydroxyl groups is 2. The predicted molar refractivity (Wildman–Crippen MR) is 102 cm³/mol. The summed E-state index contributed by atoms with van der Waals surface area (Å²) < 4.78 is 0. The Balaban J connectivity index is 1.39. The Bertz CT molecular complexity index is 605. The lowest BCUT2D eigenvalue weighted by molar-refractivity contribution is -0.159. The maximum absolute atomic E-state index is 12.4. The summed E-state index contributed by atoms with van der Waals surface area (Å²) in [6, 6.07) is 0.282. The van der Waals surface area contributed by atoms with Gasteiger partial charge in [-0.1, -0.05) is 6.92 Å². The largest absolute Gasteiger partial charge is 0.393 e. The van der Waals surface area contributed by atoms with Crippen LogP contribution >= 0.6 is 11.8 Å². The summed E-state index contributed by atoms with van der Waals surface area (Å²) >= 11 is 1.87. The number of nitrogens with one attached hydrogen (secondary N) is 2. The fraction of sp³-hybridized carbons (Fsp3) is 0.842. The summed E-state index contributed by atoms with van der Waals surface area (Å²) in [4.78, 5) is 15.6. The molecule has 4 rings (SSSR count). The van der Waals surface area contributed by atoms with E-state index < -0.39 is 6.10 Å². The number of carbonyl (C=O) groups is 1. The number of carbonyl (C=O) groups excluding carboxylic acids is 1. The van der Waals surface area contributed by atoms with Crippen LogP contribution in [0.15, 0.2) is 10.6 Å². The van der Waals surface area contributed by atoms with Gasteiger partial charge in [-0.3, -0.25) is 4.79 Å². The van der Waals surface area contributed by atoms with Crippen LogP contribution in [-0.4, -0.2) is 70.2 Å². The maximum atomic E-state index is 12.4. The average molecular weight is 382 g/mol. The minimum atomic E-state index is -0.587. The second-order valence-electron chi connectivity index (χ2n) is 8.44. The van der Waals surface area contributed by atoms with E-state index in [-0.39, 0.29) is 35.9 Å². The molecule has 146 valence electrons. The minimum Gasteiger partial charge on any atom is -0.393 e. The van der Waals surface area contributed by atoms with Crippen molar-refractivity contribution in [3.05, 3.63) is 10.6 Å². The van der Waals surface area contributed by atoms with Crippen LogP contribution in [0.2, 0.25) is 0 Å². The number of amides is 1. The molecule has 0 saturated carbocycles. The lowest BCUT2D eigenvalue weighted by atomic mass is 9.79. The lowest BCUT2D eigenvalue weighted by Crippen LogP contribution is -2.62. The van der Waals surface area contributed by atoms with E-state index in [1.165, 1.54) is 4.91 Å². The number of aliphatic hydroxyl groups excluding tert-OH is 2. The zero-order valence-electron chi connectivity index (χ0n) is 15.8. The van der Waals surface area contributed by atoms with Crippen LogP contribution in [0.4, 0.5) is 0 Å². The number of hydrogen-bond donors (Lipinski definition) is 4. The molecule has 4 aliphatic heterocycles. The van der Waals surface area contributed by atoms with Crippen LogP contribution in [0.3, 0.4) is 0 Å². The van der Waals surface area contributed by atoms with E-state index in [0.29, 0.717) is 11.2 Å². The summed E-state index contributed by atoms with van der Waals surface area (Å²) in [6.07, 6.45) is 1.14. The normalized spacial score (nSPS) is 42.2. The molecule has 4 heterocycles. The van der Waals surface area contributed by atoms with Gasteiger partial charge in [0, 0.05) is 46.8 Å². The average Bonchev–Trinajstić information content (AvgIpc) is 3.30. The summed E-state index contributed by atoms with van der Waals surface area (Å²) in [7, 11) is 0. The number of nitrogens with zero attached hydrogens (tertiary/aromatic N) is 1. The molecular formula is C19H31N3O3S. The van der Waals surface area contributed by atoms with Crippen LogP contribution in [0.25, 0.3) is 0 Å². The first kappa shape index (κ1) is 18.7. The minimum absolute atomic E-state index is 0.0662. The number of rotatable bonds is 5. The molecule has 7 heteroatoms. The third-order valence-corrected chi connectivity index (χ3v) is 8.38. The maximum Gasteiger partial charge on any atom is 0.234 e. The SMILES string of the molecule is CC1=C(SC2CNC(C(O)C3CCNC3)C2)C(C)C2C(C(C)O)C(=O)N12. The van der Waals surface area contributed by atoms with Gasteiger partial charge in [-0.05, 0) is 33.2 Å². The van der Waals surface area contributed by atoms with Gasteiger partial charge >= 0.3 is 0 Å². The number of allylic oxidation sites excluding steroid dienone is 1. The van der Waals surface area contributed by atoms with Crippen LogP contribution in [0.5, 0.6) is 0 Å². The summed E-state index contributed by atoms with van der Waals surface area (Å²) in [6.45, 7) is 8.75. The van der Waals surface area contributed by atoms with Crippen molar-refractivity contribution in [2.75, 3.05) is 19.6 Å². The predicted octanol–water partition coefficient (Wildman–Crippen LogP) is 0.510. The summed E-state index contributed by atoms with van der Waals surface area (Å²) in [5, 5.41) is 27.9. The van der Waals surface area contributed by atoms with E-state index in [1.807, 2.05) is 23.6 Å². The molecule has 8 unspecified atom stereocenters. The third kappa shape index (κ3) is 2.92. The lowest BCUT2D eigenvalue weighted by Gasteiger charge is -2.46. The molecule has 0 bridgehead atoms. The smallest absolute Gasteiger partial charge is 0.234 e. The molecule has 0 radical (unpaired) electrons. The summed E-state index contributed by atoms with van der Waals surface area (Å²) in [5.41, 5.74) is 1.07. The Kier molecular flexibility index (Phi) is 5.11. The van der Waals surface area contributed by atoms with E-state index in [4.69, 9.17) is 0 Å². The Morgan fingerprint density at radius 2 is 2.08 bits per heavy atom. The zero-order valence-corrected chi connectivity index (χ0v) is 16.6. The molecule has 8 atom stereocenters. The zero-order chi connectivity index (χ0) is 18.6. The van der Waals surface area contributed by atoms with Crippen LogP contribution in [-0.2, 0) is 4.79 Å². The second kappa shape index (κ2) is 7.09. The Morgan fingerprint density at radius 3 is 2.73 bits per heavy atom. The molecule has 1 amide bonds. The fourth-order valence-electron chi connectivity index (χ4n) is 5.30. The standard InChI is InChI=1S/C19H31N3O3S/c1-9-16-15(11(3)23)19(25)22(16)10(2)18(9)26-13-6-14(21-8-13)17(24)12-4-5-20-7-12/h9,11-17,20-21,23-24H,4-8H2,1-3H3. The molecule has 0 aromatic carbocycles. The Labute approximate surface area is 159 Å². The number of β-lactam (4-membered cyclic amide) rings is 1. The Morgan fingerprint density at radius 1 is 1.31 bits per heavy atom. The van der Waals surface area contributed by atoms with Crippen LogP contribution in [0, 0.1) is 17.8 Å². The van der Waals surface area contributed by atoms with Gasteiger partial charge in [0.05, 0.1) is 24.2 Å². The monoisotopic (exact) mass is 381 g/mol. The van der Waals surface area contributed by atoms with Gasteiger partial charge in [0.1, 0.15) is 0 Å². The molecule has 4 N–H and O–H groups in total. The van der Waals surface area contributed by atoms with Crippen molar-refractivity contribution in [3.8, 4) is 0 Å². The van der Waals surface area contributed by atoms with Gasteiger partial charge in [0.2, 0.25) is 5.91 Å². The van der Waals surface area contributed by atoms with Crippen molar-refractivity contribution in [2.45, 2.75) is 63.2 Å². The van der Waals surface area contributed by atoms with E-state index in [1.54, 1.807) is 6.92 Å². The summed E-state index contributed by atoms with van der Waals surface area (Å²) in [5.74, 6) is 0.440. The second-order valence-corrected chi connectivity index (χ2v) is 9.78. The van der Waals surface area contributed by atoms with E-state index in [2.05, 4.69) is 17.6 Å². The topological polar surface area (TPSA) is 84.8 Å². The molecular weight excluding hydrogens is 350 g/mol. The first-order valence-corrected chi connectivity index (χ1v) is 10.8. The highest BCUT2D eigenvalue weighted by atomic mass is 32.2. The van der Waals surface area contributed by atoms with Crippen molar-refractivity contribution in [3.63, 3.8) is 0 Å². The molecule has 26 heavy (non-hydrogen) atoms. The van der Waals surface area contributed by atoms with E-state index in [9.17, 15) is 15.0 Å². The highest BCUT2D eigenvalue weighted by Crippen LogP contribution is 2.51. The van der Waals surface area contributed by atoms with Crippen molar-refractivity contribution in [1.82, 2.24) is 15.5 Å². The van der Waals surface area contributed by atoms with E-state index >= 15 is 0 Å². The molecule has 4 aliphatic rings. The van der Waals surface area contributed by atoms with Gasteiger partial charge in [-0.15, -0.1) is 11.8 Å². The molecule has 0 aromatic rings. The highest BCUT2D eigenvalue weighted by molar-refractivity contribution is 8.03. The fourth-order valence-corrected chi connectivity index (χ4v) is 6.77. The molecule has 6 nitrogen and oxygen atoms in total. The third-order valence-electron chi connectivity index (χ3n) is 6.76. The first-order valence-electron chi connectivity index (χ1n) is 9.91. The van der Waals surface area contributed by atoms with Gasteiger partial charge in [0.25, 0.3) is 0 Å². The molecule has 3 saturated heterocycles. The van der Waals surface area contributed by atoms with Crippen molar-refractivity contribution in [2.24, 2.45) is 17.8 Å². The molecule has 3 fully saturated rings.